The van der Waals surface area contributed by atoms with Gasteiger partial charge in [-0.1, -0.05) is 189 Å². The SMILES string of the molecule is CC(C)CCCCCCCCCCC(=O)OC[C@H](COC(=O)CCCCCCCCCC(C)C)OC(=O)CCCCCCCCCCC(C)C. The minimum atomic E-state index is -0.761. The first-order valence-corrected chi connectivity index (χ1v) is 21.6. The lowest BCUT2D eigenvalue weighted by Gasteiger charge is -2.18. The summed E-state index contributed by atoms with van der Waals surface area (Å²) in [6, 6.07) is 0. The maximum absolute atomic E-state index is 12.7. The molecule has 0 heterocycles. The molecule has 0 aliphatic carbocycles. The van der Waals surface area contributed by atoms with Crippen molar-refractivity contribution in [2.24, 2.45) is 17.8 Å². The van der Waals surface area contributed by atoms with Crippen LogP contribution in [0.4, 0.5) is 0 Å². The van der Waals surface area contributed by atoms with E-state index in [-0.39, 0.29) is 31.1 Å². The molecule has 0 N–H and O–H groups in total. The molecule has 1 atom stereocenters. The summed E-state index contributed by atoms with van der Waals surface area (Å²) < 4.78 is 16.7. The highest BCUT2D eigenvalue weighted by Gasteiger charge is 2.19. The summed E-state index contributed by atoms with van der Waals surface area (Å²) in [5.41, 5.74) is 0. The molecule has 50 heavy (non-hydrogen) atoms. The van der Waals surface area contributed by atoms with Gasteiger partial charge in [0.1, 0.15) is 13.2 Å². The van der Waals surface area contributed by atoms with Gasteiger partial charge < -0.3 is 14.2 Å². The third-order valence-corrected chi connectivity index (χ3v) is 9.65. The zero-order valence-corrected chi connectivity index (χ0v) is 34.2. The second kappa shape index (κ2) is 35.8. The normalized spacial score (nSPS) is 12.2. The maximum Gasteiger partial charge on any atom is 0.306 e. The zero-order valence-electron chi connectivity index (χ0n) is 34.2. The highest BCUT2D eigenvalue weighted by Crippen LogP contribution is 2.16. The van der Waals surface area contributed by atoms with Gasteiger partial charge in [-0.15, -0.1) is 0 Å². The Kier molecular flexibility index (Phi) is 34.7. The molecule has 0 spiro atoms. The molecule has 0 radical (unpaired) electrons. The second-order valence-electron chi connectivity index (χ2n) is 16.4. The quantitative estimate of drug-likeness (QED) is 0.0363. The molecule has 0 rings (SSSR count). The predicted octanol–water partition coefficient (Wildman–Crippen LogP) is 13.3. The average Bonchev–Trinajstić information content (AvgIpc) is 3.06. The Bertz CT molecular complexity index is 776. The van der Waals surface area contributed by atoms with Crippen molar-refractivity contribution in [3.63, 3.8) is 0 Å². The molecule has 0 aromatic rings. The summed E-state index contributed by atoms with van der Waals surface area (Å²) >= 11 is 0. The fourth-order valence-electron chi connectivity index (χ4n) is 6.35. The molecule has 0 aromatic heterocycles. The van der Waals surface area contributed by atoms with E-state index in [1.54, 1.807) is 0 Å². The molecule has 0 saturated carbocycles. The summed E-state index contributed by atoms with van der Waals surface area (Å²) in [4.78, 5) is 37.6. The molecule has 6 nitrogen and oxygen atoms in total. The number of hydrogen-bond acceptors (Lipinski definition) is 6. The Hall–Kier alpha value is -1.59. The summed E-state index contributed by atoms with van der Waals surface area (Å²) in [5, 5.41) is 0. The number of carbonyl (C=O) groups excluding carboxylic acids is 3. The van der Waals surface area contributed by atoms with E-state index in [4.69, 9.17) is 14.2 Å². The molecule has 0 bridgehead atoms. The Morgan fingerprint density at radius 1 is 0.340 bits per heavy atom. The van der Waals surface area contributed by atoms with Crippen molar-refractivity contribution in [2.75, 3.05) is 13.2 Å². The topological polar surface area (TPSA) is 78.9 Å². The first-order valence-electron chi connectivity index (χ1n) is 21.6. The van der Waals surface area contributed by atoms with E-state index in [0.29, 0.717) is 19.3 Å². The van der Waals surface area contributed by atoms with Crippen LogP contribution < -0.4 is 0 Å². The molecule has 296 valence electrons. The van der Waals surface area contributed by atoms with Crippen LogP contribution in [0.3, 0.4) is 0 Å². The molecule has 0 aromatic carbocycles. The van der Waals surface area contributed by atoms with E-state index < -0.39 is 6.10 Å². The Morgan fingerprint density at radius 3 is 0.860 bits per heavy atom. The van der Waals surface area contributed by atoms with Crippen molar-refractivity contribution in [2.45, 2.75) is 234 Å². The number of esters is 3. The van der Waals surface area contributed by atoms with Gasteiger partial charge in [0.25, 0.3) is 0 Å². The van der Waals surface area contributed by atoms with Crippen molar-refractivity contribution in [1.82, 2.24) is 0 Å². The van der Waals surface area contributed by atoms with Gasteiger partial charge >= 0.3 is 17.9 Å². The molecule has 0 amide bonds. The molecule has 0 fully saturated rings. The summed E-state index contributed by atoms with van der Waals surface area (Å²) in [5.74, 6) is 1.50. The molecule has 0 saturated heterocycles. The van der Waals surface area contributed by atoms with E-state index in [9.17, 15) is 14.4 Å². The van der Waals surface area contributed by atoms with Gasteiger partial charge in [0.2, 0.25) is 0 Å². The minimum absolute atomic E-state index is 0.0676. The largest absolute Gasteiger partial charge is 0.462 e. The molecule has 0 aliphatic rings. The molecule has 0 unspecified atom stereocenters. The predicted molar refractivity (Wildman–Crippen MR) is 210 cm³/mol. The van der Waals surface area contributed by atoms with Crippen molar-refractivity contribution < 1.29 is 28.6 Å². The van der Waals surface area contributed by atoms with Crippen LogP contribution in [0.15, 0.2) is 0 Å². The molecular weight excluding hydrogens is 624 g/mol. The van der Waals surface area contributed by atoms with E-state index in [1.807, 2.05) is 0 Å². The van der Waals surface area contributed by atoms with E-state index in [0.717, 1.165) is 75.5 Å². The van der Waals surface area contributed by atoms with E-state index >= 15 is 0 Å². The fraction of sp³-hybridized carbons (Fsp3) is 0.932. The lowest BCUT2D eigenvalue weighted by Crippen LogP contribution is -2.30. The molecule has 0 aliphatic heterocycles. The standard InChI is InChI=1S/C44H84O6/c1-38(2)30-24-18-12-7-9-15-21-27-33-42(45)48-36-41(37-49-43(46)34-28-22-17-11-14-20-26-32-40(5)6)50-44(47)35-29-23-16-10-8-13-19-25-31-39(3)4/h38-41H,7-37H2,1-6H3/t41-/m1/s1. The van der Waals surface area contributed by atoms with Gasteiger partial charge in [0.15, 0.2) is 6.10 Å². The number of ether oxygens (including phenoxy) is 3. The van der Waals surface area contributed by atoms with Gasteiger partial charge in [-0.05, 0) is 37.0 Å². The summed E-state index contributed by atoms with van der Waals surface area (Å²) in [6.07, 6.45) is 31.0. The number of unbranched alkanes of at least 4 members (excludes halogenated alkanes) is 20. The third-order valence-electron chi connectivity index (χ3n) is 9.65. The van der Waals surface area contributed by atoms with Crippen LogP contribution in [0.5, 0.6) is 0 Å². The van der Waals surface area contributed by atoms with Crippen molar-refractivity contribution in [3.05, 3.63) is 0 Å². The highest BCUT2D eigenvalue weighted by atomic mass is 16.6. The lowest BCUT2D eigenvalue weighted by atomic mass is 10.0. The van der Waals surface area contributed by atoms with Gasteiger partial charge in [-0.25, -0.2) is 0 Å². The highest BCUT2D eigenvalue weighted by molar-refractivity contribution is 5.71. The van der Waals surface area contributed by atoms with Crippen LogP contribution in [0.1, 0.15) is 228 Å². The molecular formula is C44H84O6. The lowest BCUT2D eigenvalue weighted by molar-refractivity contribution is -0.167. The average molecular weight is 709 g/mol. The first kappa shape index (κ1) is 48.4. The van der Waals surface area contributed by atoms with Gasteiger partial charge in [-0.3, -0.25) is 14.4 Å². The van der Waals surface area contributed by atoms with Gasteiger partial charge in [0, 0.05) is 19.3 Å². The van der Waals surface area contributed by atoms with Crippen LogP contribution in [0.2, 0.25) is 0 Å². The van der Waals surface area contributed by atoms with Crippen molar-refractivity contribution >= 4 is 17.9 Å². The van der Waals surface area contributed by atoms with Crippen LogP contribution in [0.25, 0.3) is 0 Å². The third kappa shape index (κ3) is 37.7. The van der Waals surface area contributed by atoms with Crippen LogP contribution in [-0.4, -0.2) is 37.2 Å². The summed E-state index contributed by atoms with van der Waals surface area (Å²) in [7, 11) is 0. The van der Waals surface area contributed by atoms with Crippen LogP contribution >= 0.6 is 0 Å². The van der Waals surface area contributed by atoms with Crippen molar-refractivity contribution in [1.29, 1.82) is 0 Å². The zero-order chi connectivity index (χ0) is 37.1. The second-order valence-corrected chi connectivity index (χ2v) is 16.4. The van der Waals surface area contributed by atoms with Crippen LogP contribution in [0, 0.1) is 17.8 Å². The van der Waals surface area contributed by atoms with Gasteiger partial charge in [0.05, 0.1) is 0 Å². The van der Waals surface area contributed by atoms with E-state index in [1.165, 1.54) is 109 Å². The van der Waals surface area contributed by atoms with E-state index in [2.05, 4.69) is 41.5 Å². The number of carbonyl (C=O) groups is 3. The molecule has 6 heteroatoms. The Balaban J connectivity index is 4.36. The number of hydrogen-bond donors (Lipinski definition) is 0. The summed E-state index contributed by atoms with van der Waals surface area (Å²) in [6.45, 7) is 13.6. The first-order chi connectivity index (χ1) is 24.1. The monoisotopic (exact) mass is 709 g/mol. The Labute approximate surface area is 310 Å². The smallest absolute Gasteiger partial charge is 0.306 e. The van der Waals surface area contributed by atoms with Crippen LogP contribution in [-0.2, 0) is 28.6 Å². The van der Waals surface area contributed by atoms with Gasteiger partial charge in [-0.2, -0.15) is 0 Å². The maximum atomic E-state index is 12.7. The Morgan fingerprint density at radius 2 is 0.580 bits per heavy atom. The minimum Gasteiger partial charge on any atom is -0.462 e. The number of rotatable bonds is 37. The fourth-order valence-corrected chi connectivity index (χ4v) is 6.35. The van der Waals surface area contributed by atoms with Crippen molar-refractivity contribution in [3.8, 4) is 0 Å².